The first-order valence-electron chi connectivity index (χ1n) is 10.6. The minimum atomic E-state index is -0.0853. The van der Waals surface area contributed by atoms with Crippen molar-refractivity contribution in [2.75, 3.05) is 0 Å². The average molecular weight is 413 g/mol. The molecule has 2 rings (SSSR count). The molecule has 0 N–H and O–H groups in total. The molecule has 0 spiro atoms. The predicted octanol–water partition coefficient (Wildman–Crippen LogP) is 6.72. The Morgan fingerprint density at radius 3 is 1.39 bits per heavy atom. The van der Waals surface area contributed by atoms with E-state index in [2.05, 4.69) is 57.5 Å². The molecule has 0 atom stereocenters. The predicted molar refractivity (Wildman–Crippen MR) is 130 cm³/mol. The van der Waals surface area contributed by atoms with Crippen molar-refractivity contribution < 1.29 is 9.59 Å². The Hall–Kier alpha value is -3.26. The van der Waals surface area contributed by atoms with E-state index >= 15 is 0 Å². The van der Waals surface area contributed by atoms with Crippen LogP contribution in [0, 0.1) is 0 Å². The van der Waals surface area contributed by atoms with E-state index < -0.39 is 0 Å². The van der Waals surface area contributed by atoms with Crippen LogP contribution in [0.1, 0.15) is 55.4 Å². The highest BCUT2D eigenvalue weighted by Crippen LogP contribution is 2.34. The molecule has 2 aromatic rings. The summed E-state index contributed by atoms with van der Waals surface area (Å²) in [5, 5.41) is 0. The lowest BCUT2D eigenvalue weighted by Crippen LogP contribution is -2.11. The molecule has 160 valence electrons. The summed E-state index contributed by atoms with van der Waals surface area (Å²) >= 11 is 0. The number of hydrogen-bond acceptors (Lipinski definition) is 2. The van der Waals surface area contributed by atoms with E-state index in [-0.39, 0.29) is 17.5 Å². The van der Waals surface area contributed by atoms with Crippen molar-refractivity contribution in [2.24, 2.45) is 0 Å². The molecule has 0 saturated carbocycles. The van der Waals surface area contributed by atoms with Gasteiger partial charge in [-0.3, -0.25) is 9.59 Å². The van der Waals surface area contributed by atoms with Crippen LogP contribution in [0.25, 0.3) is 0 Å². The maximum Gasteiger partial charge on any atom is 0.183 e. The SMILES string of the molecule is C=C(C)C(=O)C(=C)Cc1ccccc1C(CC)c1ccccc1CC(=C)C(=O)C(=C)C. The number of carbonyl (C=O) groups excluding carboxylic acids is 2. The Morgan fingerprint density at radius 1 is 0.710 bits per heavy atom. The lowest BCUT2D eigenvalue weighted by Gasteiger charge is -2.23. The van der Waals surface area contributed by atoms with Gasteiger partial charge < -0.3 is 0 Å². The van der Waals surface area contributed by atoms with Gasteiger partial charge in [0.25, 0.3) is 0 Å². The Bertz CT molecular complexity index is 968. The summed E-state index contributed by atoms with van der Waals surface area (Å²) in [5.74, 6) is -0.0384. The van der Waals surface area contributed by atoms with Crippen LogP contribution in [0.15, 0.2) is 97.1 Å². The lowest BCUT2D eigenvalue weighted by atomic mass is 9.81. The van der Waals surface area contributed by atoms with Gasteiger partial charge in [0.15, 0.2) is 11.6 Å². The first kappa shape index (κ1) is 24.0. The fourth-order valence-electron chi connectivity index (χ4n) is 3.90. The zero-order chi connectivity index (χ0) is 23.1. The summed E-state index contributed by atoms with van der Waals surface area (Å²) in [5.41, 5.74) is 6.60. The summed E-state index contributed by atoms with van der Waals surface area (Å²) in [4.78, 5) is 24.6. The third-order valence-electron chi connectivity index (χ3n) is 5.49. The molecule has 2 aromatic carbocycles. The normalized spacial score (nSPS) is 10.6. The van der Waals surface area contributed by atoms with Crippen LogP contribution >= 0.6 is 0 Å². The molecule has 0 bridgehead atoms. The Balaban J connectivity index is 2.44. The molecule has 0 radical (unpaired) electrons. The quantitative estimate of drug-likeness (QED) is 0.384. The number of benzene rings is 2. The highest BCUT2D eigenvalue weighted by Gasteiger charge is 2.21. The second kappa shape index (κ2) is 10.7. The Kier molecular flexibility index (Phi) is 8.27. The van der Waals surface area contributed by atoms with Gasteiger partial charge in [-0.1, -0.05) is 81.8 Å². The largest absolute Gasteiger partial charge is 0.289 e. The first-order chi connectivity index (χ1) is 14.7. The molecule has 0 amide bonds. The van der Waals surface area contributed by atoms with E-state index in [1.807, 2.05) is 24.3 Å². The molecule has 0 aromatic heterocycles. The van der Waals surface area contributed by atoms with Crippen molar-refractivity contribution in [3.05, 3.63) is 119 Å². The van der Waals surface area contributed by atoms with E-state index in [1.165, 1.54) is 11.1 Å². The second-order valence-electron chi connectivity index (χ2n) is 8.14. The van der Waals surface area contributed by atoms with Gasteiger partial charge >= 0.3 is 0 Å². The molecule has 2 heteroatoms. The molecule has 0 aliphatic rings. The minimum absolute atomic E-state index is 0.0853. The Morgan fingerprint density at radius 2 is 1.06 bits per heavy atom. The number of rotatable bonds is 11. The number of Topliss-reactive ketones (excluding diaryl/α,β-unsaturated/α-hetero) is 2. The average Bonchev–Trinajstić information content (AvgIpc) is 2.75. The maximum atomic E-state index is 12.3. The van der Waals surface area contributed by atoms with E-state index in [1.54, 1.807) is 13.8 Å². The standard InChI is InChI=1S/C29H32O2/c1-8-25(26-15-11-9-13-23(26)17-21(6)28(30)19(2)3)27-16-12-10-14-24(27)18-22(7)29(31)20(4)5/h9-16,25H,2,4,6-8,17-18H2,1,3,5H3. The fourth-order valence-corrected chi connectivity index (χ4v) is 3.90. The van der Waals surface area contributed by atoms with Crippen LogP contribution in [-0.4, -0.2) is 11.6 Å². The van der Waals surface area contributed by atoms with Gasteiger partial charge in [-0.05, 0) is 64.8 Å². The molecule has 2 nitrogen and oxygen atoms in total. The van der Waals surface area contributed by atoms with Crippen molar-refractivity contribution >= 4 is 11.6 Å². The fraction of sp³-hybridized carbons (Fsp3) is 0.241. The smallest absolute Gasteiger partial charge is 0.183 e. The van der Waals surface area contributed by atoms with E-state index in [9.17, 15) is 9.59 Å². The van der Waals surface area contributed by atoms with Crippen LogP contribution in [0.2, 0.25) is 0 Å². The number of hydrogen-bond donors (Lipinski definition) is 0. The van der Waals surface area contributed by atoms with Crippen LogP contribution in [0.4, 0.5) is 0 Å². The molecule has 0 heterocycles. The number of ketones is 2. The van der Waals surface area contributed by atoms with Crippen molar-refractivity contribution in [1.29, 1.82) is 0 Å². The van der Waals surface area contributed by atoms with Crippen LogP contribution in [-0.2, 0) is 22.4 Å². The maximum absolute atomic E-state index is 12.3. The molecule has 31 heavy (non-hydrogen) atoms. The van der Waals surface area contributed by atoms with Gasteiger partial charge in [0, 0.05) is 18.8 Å². The van der Waals surface area contributed by atoms with Gasteiger partial charge in [-0.15, -0.1) is 0 Å². The van der Waals surface area contributed by atoms with E-state index in [4.69, 9.17) is 0 Å². The third-order valence-corrected chi connectivity index (χ3v) is 5.49. The van der Waals surface area contributed by atoms with Gasteiger partial charge in [0.1, 0.15) is 0 Å². The van der Waals surface area contributed by atoms with Gasteiger partial charge in [0.2, 0.25) is 0 Å². The van der Waals surface area contributed by atoms with E-state index in [0.29, 0.717) is 35.1 Å². The third kappa shape index (κ3) is 5.88. The highest BCUT2D eigenvalue weighted by molar-refractivity contribution is 6.07. The summed E-state index contributed by atoms with van der Waals surface area (Å²) in [6.45, 7) is 21.1. The van der Waals surface area contributed by atoms with Gasteiger partial charge in [-0.25, -0.2) is 0 Å². The lowest BCUT2D eigenvalue weighted by molar-refractivity contribution is -0.113. The molecule has 0 unspecified atom stereocenters. The zero-order valence-electron chi connectivity index (χ0n) is 19.0. The Labute approximate surface area is 186 Å². The van der Waals surface area contributed by atoms with Gasteiger partial charge in [0.05, 0.1) is 0 Å². The molecule has 0 aliphatic carbocycles. The molecular weight excluding hydrogens is 380 g/mol. The van der Waals surface area contributed by atoms with Crippen molar-refractivity contribution in [3.63, 3.8) is 0 Å². The summed E-state index contributed by atoms with van der Waals surface area (Å²) in [7, 11) is 0. The van der Waals surface area contributed by atoms with Crippen LogP contribution < -0.4 is 0 Å². The van der Waals surface area contributed by atoms with Crippen molar-refractivity contribution in [1.82, 2.24) is 0 Å². The van der Waals surface area contributed by atoms with Gasteiger partial charge in [-0.2, -0.15) is 0 Å². The number of carbonyl (C=O) groups is 2. The summed E-state index contributed by atoms with van der Waals surface area (Å²) in [6.07, 6.45) is 1.86. The molecule has 0 saturated heterocycles. The monoisotopic (exact) mass is 412 g/mol. The molecule has 0 aliphatic heterocycles. The van der Waals surface area contributed by atoms with Crippen molar-refractivity contribution in [3.8, 4) is 0 Å². The first-order valence-corrected chi connectivity index (χ1v) is 10.6. The molecule has 0 fully saturated rings. The van der Waals surface area contributed by atoms with Crippen LogP contribution in [0.3, 0.4) is 0 Å². The van der Waals surface area contributed by atoms with Crippen molar-refractivity contribution in [2.45, 2.75) is 46.0 Å². The summed E-state index contributed by atoms with van der Waals surface area (Å²) in [6, 6.07) is 16.4. The molecular formula is C29H32O2. The number of allylic oxidation sites excluding steroid dienone is 4. The summed E-state index contributed by atoms with van der Waals surface area (Å²) < 4.78 is 0. The van der Waals surface area contributed by atoms with Crippen LogP contribution in [0.5, 0.6) is 0 Å². The minimum Gasteiger partial charge on any atom is -0.289 e. The highest BCUT2D eigenvalue weighted by atomic mass is 16.1. The second-order valence-corrected chi connectivity index (χ2v) is 8.14. The van der Waals surface area contributed by atoms with E-state index in [0.717, 1.165) is 17.5 Å². The zero-order valence-corrected chi connectivity index (χ0v) is 19.0. The topological polar surface area (TPSA) is 34.1 Å².